The van der Waals surface area contributed by atoms with Gasteiger partial charge in [-0.2, -0.15) is 0 Å². The molecule has 0 bridgehead atoms. The van der Waals surface area contributed by atoms with E-state index in [2.05, 4.69) is 22.3 Å². The zero-order valence-electron chi connectivity index (χ0n) is 13.0. The second-order valence-electron chi connectivity index (χ2n) is 7.15. The van der Waals surface area contributed by atoms with Gasteiger partial charge >= 0.3 is 0 Å². The molecule has 2 saturated heterocycles. The van der Waals surface area contributed by atoms with Crippen LogP contribution >= 0.6 is 0 Å². The second kappa shape index (κ2) is 5.14. The van der Waals surface area contributed by atoms with Gasteiger partial charge in [-0.05, 0) is 61.4 Å². The molecule has 22 heavy (non-hydrogen) atoms. The molecule has 4 aliphatic rings. The molecule has 0 saturated carbocycles. The van der Waals surface area contributed by atoms with E-state index < -0.39 is 0 Å². The second-order valence-corrected chi connectivity index (χ2v) is 7.15. The van der Waals surface area contributed by atoms with Crippen molar-refractivity contribution in [3.63, 3.8) is 0 Å². The molecular weight excluding hydrogens is 276 g/mol. The minimum absolute atomic E-state index is 0.562. The number of rotatable bonds is 0. The molecule has 0 amide bonds. The van der Waals surface area contributed by atoms with E-state index in [1.165, 1.54) is 50.0 Å². The first-order valence-electron chi connectivity index (χ1n) is 8.78. The molecule has 1 aromatic carbocycles. The normalized spacial score (nSPS) is 33.5. The van der Waals surface area contributed by atoms with Crippen molar-refractivity contribution in [3.8, 4) is 11.5 Å². The van der Waals surface area contributed by atoms with Gasteiger partial charge in [0.05, 0.1) is 0 Å². The Morgan fingerprint density at radius 3 is 2.91 bits per heavy atom. The largest absolute Gasteiger partial charge is 0.486 e. The Hall–Kier alpha value is -1.26. The molecule has 0 unspecified atom stereocenters. The van der Waals surface area contributed by atoms with Crippen molar-refractivity contribution in [2.75, 3.05) is 32.8 Å². The minimum atomic E-state index is 0.562. The van der Waals surface area contributed by atoms with Crippen molar-refractivity contribution < 1.29 is 9.47 Å². The van der Waals surface area contributed by atoms with Gasteiger partial charge in [-0.25, -0.2) is 0 Å². The summed E-state index contributed by atoms with van der Waals surface area (Å²) in [5.41, 5.74) is 2.96. The Balaban J connectivity index is 1.49. The Kier molecular flexibility index (Phi) is 3.08. The average molecular weight is 300 g/mol. The maximum absolute atomic E-state index is 5.82. The van der Waals surface area contributed by atoms with Gasteiger partial charge in [-0.1, -0.05) is 0 Å². The maximum Gasteiger partial charge on any atom is 0.161 e. The number of nitrogens with zero attached hydrogens (tertiary/aromatic N) is 1. The van der Waals surface area contributed by atoms with Gasteiger partial charge < -0.3 is 14.8 Å². The number of hydrogen-bond acceptors (Lipinski definition) is 4. The lowest BCUT2D eigenvalue weighted by atomic mass is 9.77. The molecule has 4 heterocycles. The molecule has 0 radical (unpaired) electrons. The first-order chi connectivity index (χ1) is 10.9. The van der Waals surface area contributed by atoms with Gasteiger partial charge in [0.2, 0.25) is 0 Å². The predicted octanol–water partition coefficient (Wildman–Crippen LogP) is 2.13. The molecule has 2 fully saturated rings. The number of fused-ring (bicyclic) bond motifs is 5. The fourth-order valence-electron chi connectivity index (χ4n) is 4.84. The van der Waals surface area contributed by atoms with Crippen LogP contribution in [-0.2, 0) is 6.42 Å². The summed E-state index contributed by atoms with van der Waals surface area (Å²) in [5, 5.41) is 3.76. The van der Waals surface area contributed by atoms with Crippen LogP contribution in [-0.4, -0.2) is 43.8 Å². The lowest BCUT2D eigenvalue weighted by molar-refractivity contribution is 0.0547. The molecule has 0 aliphatic carbocycles. The van der Waals surface area contributed by atoms with E-state index in [-0.39, 0.29) is 0 Å². The fraction of sp³-hybridized carbons (Fsp3) is 0.667. The summed E-state index contributed by atoms with van der Waals surface area (Å²) in [7, 11) is 0. The summed E-state index contributed by atoms with van der Waals surface area (Å²) in [4.78, 5) is 2.71. The minimum Gasteiger partial charge on any atom is -0.486 e. The van der Waals surface area contributed by atoms with E-state index in [9.17, 15) is 0 Å². The molecule has 4 aliphatic heterocycles. The van der Waals surface area contributed by atoms with Gasteiger partial charge in [-0.3, -0.25) is 4.90 Å². The van der Waals surface area contributed by atoms with Crippen LogP contribution in [0.5, 0.6) is 11.5 Å². The molecule has 0 spiro atoms. The van der Waals surface area contributed by atoms with E-state index in [4.69, 9.17) is 9.47 Å². The first-order valence-corrected chi connectivity index (χ1v) is 8.78. The average Bonchev–Trinajstić information content (AvgIpc) is 2.58. The maximum atomic E-state index is 5.82. The highest BCUT2D eigenvalue weighted by Gasteiger charge is 2.40. The van der Waals surface area contributed by atoms with Gasteiger partial charge in [-0.15, -0.1) is 0 Å². The molecule has 1 N–H and O–H groups in total. The van der Waals surface area contributed by atoms with Crippen molar-refractivity contribution >= 4 is 0 Å². The zero-order chi connectivity index (χ0) is 14.5. The van der Waals surface area contributed by atoms with Gasteiger partial charge in [0.1, 0.15) is 13.2 Å². The highest BCUT2D eigenvalue weighted by atomic mass is 16.6. The van der Waals surface area contributed by atoms with Crippen molar-refractivity contribution in [1.29, 1.82) is 0 Å². The number of ether oxygens (including phenoxy) is 2. The SMILES string of the molecule is c1c2c(cc3c1OCCO3)[C@H]1C[C@@H]3NCCC[C@@H]3CN1CC2. The number of piperidine rings is 2. The van der Waals surface area contributed by atoms with Crippen LogP contribution in [0.3, 0.4) is 0 Å². The summed E-state index contributed by atoms with van der Waals surface area (Å²) in [5.74, 6) is 2.75. The molecule has 3 atom stereocenters. The van der Waals surface area contributed by atoms with Crippen LogP contribution < -0.4 is 14.8 Å². The molecule has 4 heteroatoms. The molecule has 118 valence electrons. The number of nitrogens with one attached hydrogen (secondary N) is 1. The van der Waals surface area contributed by atoms with Crippen molar-refractivity contribution in [3.05, 3.63) is 23.3 Å². The highest BCUT2D eigenvalue weighted by molar-refractivity contribution is 5.50. The van der Waals surface area contributed by atoms with E-state index in [1.54, 1.807) is 0 Å². The van der Waals surface area contributed by atoms with Crippen LogP contribution in [0.2, 0.25) is 0 Å². The van der Waals surface area contributed by atoms with Crippen molar-refractivity contribution in [2.24, 2.45) is 5.92 Å². The summed E-state index contributed by atoms with van der Waals surface area (Å²) in [6.07, 6.45) is 5.13. The third kappa shape index (κ3) is 2.04. The third-order valence-corrected chi connectivity index (χ3v) is 5.95. The van der Waals surface area contributed by atoms with Crippen LogP contribution in [0.15, 0.2) is 12.1 Å². The van der Waals surface area contributed by atoms with Gasteiger partial charge in [0, 0.05) is 25.2 Å². The highest BCUT2D eigenvalue weighted by Crippen LogP contribution is 2.44. The van der Waals surface area contributed by atoms with Crippen LogP contribution in [0.1, 0.15) is 36.4 Å². The van der Waals surface area contributed by atoms with Crippen LogP contribution in [0.4, 0.5) is 0 Å². The third-order valence-electron chi connectivity index (χ3n) is 5.95. The van der Waals surface area contributed by atoms with E-state index >= 15 is 0 Å². The molecule has 5 rings (SSSR count). The summed E-state index contributed by atoms with van der Waals surface area (Å²) in [6, 6.07) is 5.77. The quantitative estimate of drug-likeness (QED) is 0.796. The first kappa shape index (κ1) is 13.2. The molecule has 0 aromatic heterocycles. The summed E-state index contributed by atoms with van der Waals surface area (Å²) >= 11 is 0. The Morgan fingerprint density at radius 1 is 1.14 bits per heavy atom. The summed E-state index contributed by atoms with van der Waals surface area (Å²) in [6.45, 7) is 5.00. The molecule has 1 aromatic rings. The topological polar surface area (TPSA) is 33.7 Å². The van der Waals surface area contributed by atoms with Crippen LogP contribution in [0.25, 0.3) is 0 Å². The van der Waals surface area contributed by atoms with Gasteiger partial charge in [0.25, 0.3) is 0 Å². The summed E-state index contributed by atoms with van der Waals surface area (Å²) < 4.78 is 11.6. The lowest BCUT2D eigenvalue weighted by Crippen LogP contribution is -2.54. The Bertz CT molecular complexity index is 589. The van der Waals surface area contributed by atoms with E-state index in [1.807, 2.05) is 0 Å². The standard InChI is InChI=1S/C18H24N2O2/c1-2-13-11-20-5-3-12-8-17-18(22-7-6-21-17)9-14(12)16(20)10-15(13)19-4-1/h8-9,13,15-16,19H,1-7,10-11H2/t13-,15+,16-/m1/s1. The Morgan fingerprint density at radius 2 is 2.00 bits per heavy atom. The lowest BCUT2D eigenvalue weighted by Gasteiger charge is -2.49. The van der Waals surface area contributed by atoms with Gasteiger partial charge in [0.15, 0.2) is 11.5 Å². The van der Waals surface area contributed by atoms with E-state index in [0.29, 0.717) is 25.3 Å². The zero-order valence-corrected chi connectivity index (χ0v) is 13.0. The predicted molar refractivity (Wildman–Crippen MR) is 84.6 cm³/mol. The fourth-order valence-corrected chi connectivity index (χ4v) is 4.84. The monoisotopic (exact) mass is 300 g/mol. The smallest absolute Gasteiger partial charge is 0.161 e. The van der Waals surface area contributed by atoms with Crippen LogP contribution in [0, 0.1) is 5.92 Å². The van der Waals surface area contributed by atoms with Crippen molar-refractivity contribution in [2.45, 2.75) is 37.8 Å². The Labute approximate surface area is 131 Å². The molecular formula is C18H24N2O2. The van der Waals surface area contributed by atoms with E-state index in [0.717, 1.165) is 23.8 Å². The van der Waals surface area contributed by atoms with Crippen molar-refractivity contribution in [1.82, 2.24) is 10.2 Å². The number of hydrogen-bond donors (Lipinski definition) is 1. The molecule has 4 nitrogen and oxygen atoms in total. The number of benzene rings is 1.